The van der Waals surface area contributed by atoms with Gasteiger partial charge in [-0.25, -0.2) is 8.42 Å². The highest BCUT2D eigenvalue weighted by Crippen LogP contribution is 2.31. The number of anilines is 1. The summed E-state index contributed by atoms with van der Waals surface area (Å²) in [4.78, 5) is 14.0. The Labute approximate surface area is 181 Å². The summed E-state index contributed by atoms with van der Waals surface area (Å²) in [7, 11) is -3.56. The SMILES string of the molecule is Cc1ccc(S(=O)(=O)N2CCC[C@@H](C(=O)Nc3ccccc3-c3ccccc3)C2)s1. The number of hydrogen-bond donors (Lipinski definition) is 1. The molecule has 30 heavy (non-hydrogen) atoms. The molecule has 1 aliphatic rings. The van der Waals surface area contributed by atoms with Gasteiger partial charge in [0.1, 0.15) is 4.21 Å². The zero-order chi connectivity index (χ0) is 21.1. The zero-order valence-electron chi connectivity index (χ0n) is 16.7. The van der Waals surface area contributed by atoms with Crippen molar-refractivity contribution >= 4 is 33.0 Å². The molecule has 0 radical (unpaired) electrons. The minimum absolute atomic E-state index is 0.138. The summed E-state index contributed by atoms with van der Waals surface area (Å²) >= 11 is 1.27. The van der Waals surface area contributed by atoms with Crippen molar-refractivity contribution in [3.63, 3.8) is 0 Å². The normalized spacial score (nSPS) is 17.6. The van der Waals surface area contributed by atoms with E-state index in [1.54, 1.807) is 6.07 Å². The molecule has 5 nitrogen and oxygen atoms in total. The van der Waals surface area contributed by atoms with Gasteiger partial charge in [0.2, 0.25) is 5.91 Å². The fourth-order valence-corrected chi connectivity index (χ4v) is 6.71. The predicted octanol–water partition coefficient (Wildman–Crippen LogP) is 4.76. The van der Waals surface area contributed by atoms with Crippen LogP contribution in [0.3, 0.4) is 0 Å². The second-order valence-electron chi connectivity index (χ2n) is 7.47. The molecule has 156 valence electrons. The highest BCUT2D eigenvalue weighted by Gasteiger charge is 2.34. The summed E-state index contributed by atoms with van der Waals surface area (Å²) in [6.45, 7) is 2.54. The van der Waals surface area contributed by atoms with Crippen molar-refractivity contribution in [1.82, 2.24) is 4.31 Å². The third-order valence-electron chi connectivity index (χ3n) is 5.33. The maximum absolute atomic E-state index is 13.0. The van der Waals surface area contributed by atoms with Gasteiger partial charge in [-0.2, -0.15) is 4.31 Å². The van der Waals surface area contributed by atoms with Crippen LogP contribution in [-0.4, -0.2) is 31.7 Å². The maximum Gasteiger partial charge on any atom is 0.252 e. The molecule has 7 heteroatoms. The molecule has 1 fully saturated rings. The van der Waals surface area contributed by atoms with Crippen molar-refractivity contribution in [2.75, 3.05) is 18.4 Å². The first-order chi connectivity index (χ1) is 14.4. The number of aryl methyl sites for hydroxylation is 1. The zero-order valence-corrected chi connectivity index (χ0v) is 18.4. The van der Waals surface area contributed by atoms with Gasteiger partial charge in [0.05, 0.1) is 5.92 Å². The minimum atomic E-state index is -3.56. The van der Waals surface area contributed by atoms with E-state index in [1.165, 1.54) is 15.6 Å². The van der Waals surface area contributed by atoms with Crippen LogP contribution in [0.4, 0.5) is 5.69 Å². The molecule has 1 N–H and O–H groups in total. The number of para-hydroxylation sites is 1. The Bertz CT molecular complexity index is 1140. The Morgan fingerprint density at radius 1 is 1.03 bits per heavy atom. The predicted molar refractivity (Wildman–Crippen MR) is 121 cm³/mol. The van der Waals surface area contributed by atoms with Gasteiger partial charge in [0, 0.05) is 29.2 Å². The molecule has 0 spiro atoms. The smallest absolute Gasteiger partial charge is 0.252 e. The monoisotopic (exact) mass is 440 g/mol. The standard InChI is InChI=1S/C23H24N2O3S2/c1-17-13-14-22(29-17)30(27,28)25-15-7-10-19(16-25)23(26)24-21-12-6-5-11-20(21)18-8-3-2-4-9-18/h2-6,8-9,11-14,19H,7,10,15-16H2,1H3,(H,24,26)/t19-/m1/s1. The number of benzene rings is 2. The van der Waals surface area contributed by atoms with E-state index < -0.39 is 10.0 Å². The fraction of sp³-hybridized carbons (Fsp3) is 0.261. The van der Waals surface area contributed by atoms with E-state index in [4.69, 9.17) is 0 Å². The van der Waals surface area contributed by atoms with Gasteiger partial charge in [0.15, 0.2) is 0 Å². The van der Waals surface area contributed by atoms with Crippen LogP contribution in [0.1, 0.15) is 17.7 Å². The molecule has 1 aromatic heterocycles. The lowest BCUT2D eigenvalue weighted by molar-refractivity contribution is -0.120. The van der Waals surface area contributed by atoms with Crippen molar-refractivity contribution in [3.05, 3.63) is 71.6 Å². The number of thiophene rings is 1. The molecule has 0 bridgehead atoms. The maximum atomic E-state index is 13.0. The number of sulfonamides is 1. The van der Waals surface area contributed by atoms with Crippen LogP contribution in [0.5, 0.6) is 0 Å². The van der Waals surface area contributed by atoms with E-state index in [9.17, 15) is 13.2 Å². The van der Waals surface area contributed by atoms with Crippen LogP contribution in [-0.2, 0) is 14.8 Å². The number of hydrogen-bond acceptors (Lipinski definition) is 4. The van der Waals surface area contributed by atoms with Crippen molar-refractivity contribution in [1.29, 1.82) is 0 Å². The second-order valence-corrected chi connectivity index (χ2v) is 10.9. The molecule has 0 unspecified atom stereocenters. The number of rotatable bonds is 5. The van der Waals surface area contributed by atoms with Gasteiger partial charge >= 0.3 is 0 Å². The van der Waals surface area contributed by atoms with Gasteiger partial charge in [-0.1, -0.05) is 48.5 Å². The molecule has 4 rings (SSSR count). The van der Waals surface area contributed by atoms with Crippen LogP contribution in [0.25, 0.3) is 11.1 Å². The van der Waals surface area contributed by atoms with Crippen LogP contribution in [0.2, 0.25) is 0 Å². The molecule has 1 saturated heterocycles. The van der Waals surface area contributed by atoms with Crippen molar-refractivity contribution in [2.45, 2.75) is 24.0 Å². The average Bonchev–Trinajstić information content (AvgIpc) is 3.22. The summed E-state index contributed by atoms with van der Waals surface area (Å²) < 4.78 is 27.7. The summed E-state index contributed by atoms with van der Waals surface area (Å²) in [6, 6.07) is 21.0. The van der Waals surface area contributed by atoms with E-state index in [2.05, 4.69) is 5.32 Å². The van der Waals surface area contributed by atoms with Gasteiger partial charge < -0.3 is 5.32 Å². The Balaban J connectivity index is 1.51. The van der Waals surface area contributed by atoms with Crippen LogP contribution in [0, 0.1) is 12.8 Å². The van der Waals surface area contributed by atoms with E-state index in [0.29, 0.717) is 23.6 Å². The molecule has 1 aliphatic heterocycles. The number of carbonyl (C=O) groups is 1. The number of piperidine rings is 1. The molecule has 1 amide bonds. The first kappa shape index (κ1) is 20.8. The van der Waals surface area contributed by atoms with Crippen molar-refractivity contribution in [2.24, 2.45) is 5.92 Å². The van der Waals surface area contributed by atoms with Gasteiger partial charge in [-0.3, -0.25) is 4.79 Å². The van der Waals surface area contributed by atoms with E-state index in [1.807, 2.05) is 67.6 Å². The molecule has 0 aliphatic carbocycles. The Morgan fingerprint density at radius 2 is 1.77 bits per heavy atom. The van der Waals surface area contributed by atoms with E-state index >= 15 is 0 Å². The van der Waals surface area contributed by atoms with E-state index in [-0.39, 0.29) is 18.4 Å². The van der Waals surface area contributed by atoms with Crippen LogP contribution in [0.15, 0.2) is 70.9 Å². The summed E-state index contributed by atoms with van der Waals surface area (Å²) in [5.74, 6) is -0.515. The van der Waals surface area contributed by atoms with Crippen molar-refractivity contribution in [3.8, 4) is 11.1 Å². The first-order valence-electron chi connectivity index (χ1n) is 9.97. The first-order valence-corrected chi connectivity index (χ1v) is 12.2. The minimum Gasteiger partial charge on any atom is -0.325 e. The lowest BCUT2D eigenvalue weighted by Crippen LogP contribution is -2.43. The lowest BCUT2D eigenvalue weighted by atomic mass is 9.98. The third-order valence-corrected chi connectivity index (χ3v) is 8.67. The summed E-state index contributed by atoms with van der Waals surface area (Å²) in [6.07, 6.45) is 1.34. The number of nitrogens with one attached hydrogen (secondary N) is 1. The molecular weight excluding hydrogens is 416 g/mol. The van der Waals surface area contributed by atoms with Gasteiger partial charge in [-0.15, -0.1) is 11.3 Å². The summed E-state index contributed by atoms with van der Waals surface area (Å²) in [5, 5.41) is 3.04. The Morgan fingerprint density at radius 3 is 2.50 bits per heavy atom. The van der Waals surface area contributed by atoms with Gasteiger partial charge in [-0.05, 0) is 43.5 Å². The molecule has 3 aromatic rings. The largest absolute Gasteiger partial charge is 0.325 e. The molecule has 1 atom stereocenters. The average molecular weight is 441 g/mol. The molecule has 2 aromatic carbocycles. The number of nitrogens with zero attached hydrogens (tertiary/aromatic N) is 1. The quantitative estimate of drug-likeness (QED) is 0.622. The highest BCUT2D eigenvalue weighted by atomic mass is 32.2. The fourth-order valence-electron chi connectivity index (χ4n) is 3.75. The molecule has 0 saturated carbocycles. The number of amides is 1. The third kappa shape index (κ3) is 4.33. The molecular formula is C23H24N2O3S2. The molecule has 2 heterocycles. The topological polar surface area (TPSA) is 66.5 Å². The van der Waals surface area contributed by atoms with E-state index in [0.717, 1.165) is 21.7 Å². The summed E-state index contributed by atoms with van der Waals surface area (Å²) in [5.41, 5.74) is 2.71. The lowest BCUT2D eigenvalue weighted by Gasteiger charge is -2.31. The highest BCUT2D eigenvalue weighted by molar-refractivity contribution is 7.91. The van der Waals surface area contributed by atoms with Crippen LogP contribution >= 0.6 is 11.3 Å². The Hall–Kier alpha value is -2.48. The Kier molecular flexibility index (Phi) is 6.04. The van der Waals surface area contributed by atoms with Crippen LogP contribution < -0.4 is 5.32 Å². The second kappa shape index (κ2) is 8.71. The number of carbonyl (C=O) groups excluding carboxylic acids is 1. The van der Waals surface area contributed by atoms with Gasteiger partial charge in [0.25, 0.3) is 10.0 Å². The van der Waals surface area contributed by atoms with Crippen molar-refractivity contribution < 1.29 is 13.2 Å².